The van der Waals surface area contributed by atoms with E-state index in [4.69, 9.17) is 11.6 Å². The zero-order chi connectivity index (χ0) is 19.7. The summed E-state index contributed by atoms with van der Waals surface area (Å²) in [5.74, 6) is -1.06. The number of carbonyl (C=O) groups excluding carboxylic acids is 1. The van der Waals surface area contributed by atoms with Crippen molar-refractivity contribution in [1.82, 2.24) is 4.90 Å². The predicted octanol–water partition coefficient (Wildman–Crippen LogP) is 4.89. The summed E-state index contributed by atoms with van der Waals surface area (Å²) in [4.78, 5) is 27.2. The fourth-order valence-corrected chi connectivity index (χ4v) is 4.75. The lowest BCUT2D eigenvalue weighted by atomic mass is 9.99. The van der Waals surface area contributed by atoms with Crippen LogP contribution >= 0.6 is 22.9 Å². The van der Waals surface area contributed by atoms with E-state index in [1.807, 2.05) is 23.1 Å². The average molecular weight is 412 g/mol. The third-order valence-corrected chi connectivity index (χ3v) is 6.34. The highest BCUT2D eigenvalue weighted by atomic mass is 35.5. The Hall–Kier alpha value is -2.63. The van der Waals surface area contributed by atoms with Crippen LogP contribution < -0.4 is 0 Å². The molecule has 3 aromatic rings. The molecule has 28 heavy (non-hydrogen) atoms. The summed E-state index contributed by atoms with van der Waals surface area (Å²) < 4.78 is 0. The van der Waals surface area contributed by atoms with Crippen molar-refractivity contribution in [2.45, 2.75) is 19.4 Å². The van der Waals surface area contributed by atoms with E-state index >= 15 is 0 Å². The molecule has 0 aliphatic carbocycles. The fraction of sp³-hybridized carbons (Fsp3) is 0.182. The second-order valence-electron chi connectivity index (χ2n) is 6.79. The van der Waals surface area contributed by atoms with Crippen molar-refractivity contribution in [3.63, 3.8) is 0 Å². The van der Waals surface area contributed by atoms with Crippen molar-refractivity contribution in [2.24, 2.45) is 0 Å². The molecule has 0 unspecified atom stereocenters. The third kappa shape index (κ3) is 3.68. The lowest BCUT2D eigenvalue weighted by Gasteiger charge is -2.29. The van der Waals surface area contributed by atoms with E-state index in [0.717, 1.165) is 17.5 Å². The number of rotatable bonds is 4. The van der Waals surface area contributed by atoms with Crippen molar-refractivity contribution in [3.05, 3.63) is 81.2 Å². The van der Waals surface area contributed by atoms with Gasteiger partial charge >= 0.3 is 5.97 Å². The number of carboxylic acids is 1. The van der Waals surface area contributed by atoms with Gasteiger partial charge in [0.2, 0.25) is 5.91 Å². The molecule has 0 bridgehead atoms. The molecular weight excluding hydrogens is 394 g/mol. The van der Waals surface area contributed by atoms with Crippen molar-refractivity contribution >= 4 is 34.8 Å². The number of aromatic carboxylic acids is 1. The monoisotopic (exact) mass is 411 g/mol. The first-order chi connectivity index (χ1) is 13.5. The highest BCUT2D eigenvalue weighted by molar-refractivity contribution is 7.14. The Labute approximate surface area is 172 Å². The molecule has 0 radical (unpaired) electrons. The normalized spacial score (nSPS) is 13.2. The topological polar surface area (TPSA) is 57.6 Å². The fourth-order valence-electron chi connectivity index (χ4n) is 3.56. The molecule has 0 saturated carbocycles. The van der Waals surface area contributed by atoms with Gasteiger partial charge in [-0.05, 0) is 46.2 Å². The van der Waals surface area contributed by atoms with Crippen LogP contribution in [0.5, 0.6) is 0 Å². The Kier molecular flexibility index (Phi) is 5.20. The van der Waals surface area contributed by atoms with Gasteiger partial charge in [-0.25, -0.2) is 4.79 Å². The Morgan fingerprint density at radius 2 is 1.79 bits per heavy atom. The Bertz CT molecular complexity index is 1040. The zero-order valence-electron chi connectivity index (χ0n) is 15.0. The van der Waals surface area contributed by atoms with E-state index in [1.165, 1.54) is 16.9 Å². The molecule has 0 fully saturated rings. The maximum atomic E-state index is 12.9. The van der Waals surface area contributed by atoms with Crippen LogP contribution in [0.2, 0.25) is 5.02 Å². The number of nitrogens with zero attached hydrogens (tertiary/aromatic N) is 1. The van der Waals surface area contributed by atoms with Crippen LogP contribution in [0.15, 0.2) is 53.9 Å². The highest BCUT2D eigenvalue weighted by Gasteiger charge is 2.25. The Morgan fingerprint density at radius 3 is 2.50 bits per heavy atom. The van der Waals surface area contributed by atoms with Gasteiger partial charge in [0.05, 0.1) is 12.0 Å². The van der Waals surface area contributed by atoms with Gasteiger partial charge in [0, 0.05) is 23.0 Å². The van der Waals surface area contributed by atoms with Crippen LogP contribution in [-0.2, 0) is 24.2 Å². The second kappa shape index (κ2) is 7.78. The number of hydrogen-bond donors (Lipinski definition) is 1. The second-order valence-corrected chi connectivity index (χ2v) is 8.10. The lowest BCUT2D eigenvalue weighted by molar-refractivity contribution is -0.131. The number of fused-ring (bicyclic) bond motifs is 1. The van der Waals surface area contributed by atoms with Gasteiger partial charge in [-0.3, -0.25) is 4.79 Å². The van der Waals surface area contributed by atoms with Crippen molar-refractivity contribution in [1.29, 1.82) is 0 Å². The number of benzene rings is 2. The van der Waals surface area contributed by atoms with Crippen molar-refractivity contribution in [3.8, 4) is 10.4 Å². The summed E-state index contributed by atoms with van der Waals surface area (Å²) in [5, 5.41) is 12.1. The Morgan fingerprint density at radius 1 is 1.07 bits per heavy atom. The molecular formula is C22H18ClNO3S. The SMILES string of the molecule is O=C(O)c1c(CC(=O)N2CCc3ccccc3C2)csc1-c1ccc(Cl)cc1. The maximum Gasteiger partial charge on any atom is 0.337 e. The van der Waals surface area contributed by atoms with Gasteiger partial charge < -0.3 is 10.0 Å². The first kappa shape index (κ1) is 18.7. The largest absolute Gasteiger partial charge is 0.478 e. The number of thiophene rings is 1. The van der Waals surface area contributed by atoms with Gasteiger partial charge in [-0.1, -0.05) is 48.0 Å². The highest BCUT2D eigenvalue weighted by Crippen LogP contribution is 2.34. The summed E-state index contributed by atoms with van der Waals surface area (Å²) in [7, 11) is 0. The minimum atomic E-state index is -1.02. The third-order valence-electron chi connectivity index (χ3n) is 5.01. The van der Waals surface area contributed by atoms with E-state index < -0.39 is 5.97 Å². The molecule has 1 aliphatic heterocycles. The van der Waals surface area contributed by atoms with Gasteiger partial charge in [-0.2, -0.15) is 0 Å². The van der Waals surface area contributed by atoms with Gasteiger partial charge in [0.25, 0.3) is 0 Å². The van der Waals surface area contributed by atoms with Gasteiger partial charge in [-0.15, -0.1) is 11.3 Å². The van der Waals surface area contributed by atoms with Crippen molar-refractivity contribution < 1.29 is 14.7 Å². The van der Waals surface area contributed by atoms with Gasteiger partial charge in [0.15, 0.2) is 0 Å². The van der Waals surface area contributed by atoms with E-state index in [-0.39, 0.29) is 17.9 Å². The minimum Gasteiger partial charge on any atom is -0.478 e. The number of carboxylic acid groups (broad SMARTS) is 1. The molecule has 1 aliphatic rings. The van der Waals surface area contributed by atoms with Gasteiger partial charge in [0.1, 0.15) is 0 Å². The summed E-state index contributed by atoms with van der Waals surface area (Å²) >= 11 is 7.28. The molecule has 2 aromatic carbocycles. The molecule has 142 valence electrons. The Balaban J connectivity index is 1.57. The molecule has 1 N–H and O–H groups in total. The van der Waals surface area contributed by atoms with E-state index in [1.54, 1.807) is 29.6 Å². The van der Waals surface area contributed by atoms with E-state index in [9.17, 15) is 14.7 Å². The number of hydrogen-bond acceptors (Lipinski definition) is 3. The van der Waals surface area contributed by atoms with Crippen LogP contribution in [0.1, 0.15) is 27.0 Å². The van der Waals surface area contributed by atoms with E-state index in [2.05, 4.69) is 6.07 Å². The zero-order valence-corrected chi connectivity index (χ0v) is 16.6. The van der Waals surface area contributed by atoms with Crippen LogP contribution in [-0.4, -0.2) is 28.4 Å². The number of amides is 1. The average Bonchev–Trinajstić information content (AvgIpc) is 3.12. The van der Waals surface area contributed by atoms with Crippen molar-refractivity contribution in [2.75, 3.05) is 6.54 Å². The number of halogens is 1. The van der Waals surface area contributed by atoms with Crippen LogP contribution in [0.3, 0.4) is 0 Å². The molecule has 0 saturated heterocycles. The minimum absolute atomic E-state index is 0.0440. The smallest absolute Gasteiger partial charge is 0.337 e. The molecule has 4 rings (SSSR count). The molecule has 6 heteroatoms. The van der Waals surface area contributed by atoms with Crippen LogP contribution in [0.4, 0.5) is 0 Å². The number of carbonyl (C=O) groups is 2. The quantitative estimate of drug-likeness (QED) is 0.664. The molecule has 0 spiro atoms. The van der Waals surface area contributed by atoms with Crippen LogP contribution in [0.25, 0.3) is 10.4 Å². The summed E-state index contributed by atoms with van der Waals surface area (Å²) in [6.07, 6.45) is 0.918. The molecule has 2 heterocycles. The van der Waals surface area contributed by atoms with Crippen LogP contribution in [0, 0.1) is 0 Å². The molecule has 1 amide bonds. The maximum absolute atomic E-state index is 12.9. The lowest BCUT2D eigenvalue weighted by Crippen LogP contribution is -2.37. The molecule has 4 nitrogen and oxygen atoms in total. The first-order valence-corrected chi connectivity index (χ1v) is 10.2. The standard InChI is InChI=1S/C22H18ClNO3S/c23-18-7-5-15(6-8-18)21-20(22(26)27)17(13-28-21)11-19(25)24-10-9-14-3-1-2-4-16(14)12-24/h1-8,13H,9-12H2,(H,26,27). The summed E-state index contributed by atoms with van der Waals surface area (Å²) in [6.45, 7) is 1.23. The molecule has 0 atom stereocenters. The van der Waals surface area contributed by atoms with E-state index in [0.29, 0.717) is 28.6 Å². The predicted molar refractivity (Wildman–Crippen MR) is 111 cm³/mol. The molecule has 1 aromatic heterocycles. The summed E-state index contributed by atoms with van der Waals surface area (Å²) in [6, 6.07) is 15.2. The first-order valence-electron chi connectivity index (χ1n) is 8.97. The summed E-state index contributed by atoms with van der Waals surface area (Å²) in [5.41, 5.74) is 3.99.